The first kappa shape index (κ1) is 29.6. The monoisotopic (exact) mass is 550 g/mol. The van der Waals surface area contributed by atoms with Crippen molar-refractivity contribution in [2.45, 2.75) is 118 Å². The molecule has 0 aromatic heterocycles. The van der Waals surface area contributed by atoms with Crippen LogP contribution in [0.15, 0.2) is 21.8 Å². The predicted molar refractivity (Wildman–Crippen MR) is 147 cm³/mol. The summed E-state index contributed by atoms with van der Waals surface area (Å²) in [6, 6.07) is 0. The molecule has 7 heteroatoms. The first-order valence-electron chi connectivity index (χ1n) is 14.4. The van der Waals surface area contributed by atoms with Crippen LogP contribution in [-0.4, -0.2) is 45.6 Å². The molecule has 0 bridgehead atoms. The summed E-state index contributed by atoms with van der Waals surface area (Å²) in [6.45, 7) is 14.2. The number of carboxylic acids is 1. The Morgan fingerprint density at radius 3 is 2.24 bits per heavy atom. The molecule has 4 rings (SSSR count). The predicted octanol–water partition coefficient (Wildman–Crippen LogP) is 6.23. The Balaban J connectivity index is 1.83. The van der Waals surface area contributed by atoms with Crippen molar-refractivity contribution in [1.82, 2.24) is 0 Å². The minimum atomic E-state index is -1.01. The van der Waals surface area contributed by atoms with Crippen LogP contribution in [0.2, 0.25) is 0 Å². The van der Waals surface area contributed by atoms with E-state index in [1.807, 2.05) is 13.8 Å². The molecule has 0 aromatic rings. The quantitative estimate of drug-likeness (QED) is 0.277. The number of ether oxygens (including phenoxy) is 1. The van der Waals surface area contributed by atoms with Gasteiger partial charge in [-0.3, -0.25) is 4.79 Å². The zero-order chi connectivity index (χ0) is 28.4. The van der Waals surface area contributed by atoms with Gasteiger partial charge in [-0.25, -0.2) is 4.79 Å². The van der Waals surface area contributed by atoms with E-state index in [1.54, 1.807) is 0 Å². The van der Waals surface area contributed by atoms with Crippen LogP contribution in [0.4, 0.5) is 0 Å². The lowest BCUT2D eigenvalue weighted by atomic mass is 9.36. The number of aliphatic hydroxyl groups is 2. The van der Waals surface area contributed by atoms with Gasteiger partial charge in [0, 0.05) is 17.5 Å². The van der Waals surface area contributed by atoms with Crippen LogP contribution in [0.5, 0.6) is 0 Å². The molecule has 0 aromatic carbocycles. The summed E-state index contributed by atoms with van der Waals surface area (Å²) in [6.07, 6.45) is 3.62. The van der Waals surface area contributed by atoms with E-state index in [0.29, 0.717) is 35.8 Å². The molecule has 214 valence electrons. The summed E-state index contributed by atoms with van der Waals surface area (Å²) in [5.41, 5.74) is 1.16. The Bertz CT molecular complexity index is 1040. The number of hydrogen-bond donors (Lipinski definition) is 3. The van der Waals surface area contributed by atoms with Crippen molar-refractivity contribution in [3.05, 3.63) is 21.8 Å². The summed E-state index contributed by atoms with van der Waals surface area (Å²) in [7, 11) is 0. The van der Waals surface area contributed by atoms with Gasteiger partial charge in [0.05, 0.1) is 12.2 Å². The molecule has 0 spiro atoms. The molecule has 3 unspecified atom stereocenters. The third-order valence-electron chi connectivity index (χ3n) is 11.8. The average molecular weight is 551 g/mol. The average Bonchev–Trinajstić information content (AvgIpc) is 3.08. The van der Waals surface area contributed by atoms with Gasteiger partial charge >= 0.3 is 11.9 Å². The van der Waals surface area contributed by atoms with Crippen LogP contribution in [0, 0.1) is 39.9 Å². The Kier molecular flexibility index (Phi) is 7.97. The highest BCUT2D eigenvalue weighted by Gasteiger charge is 2.70. The second-order valence-corrected chi connectivity index (χ2v) is 14.2. The third kappa shape index (κ3) is 4.47. The number of rotatable bonds is 5. The number of carbonyl (C=O) groups is 2. The van der Waals surface area contributed by atoms with Gasteiger partial charge in [0.15, 0.2) is 0 Å². The zero-order valence-corrected chi connectivity index (χ0v) is 24.9. The lowest BCUT2D eigenvalue weighted by Gasteiger charge is -2.69. The minimum absolute atomic E-state index is 0.0238. The van der Waals surface area contributed by atoms with Gasteiger partial charge in [-0.15, -0.1) is 0 Å². The Morgan fingerprint density at radius 1 is 1.00 bits per heavy atom. The van der Waals surface area contributed by atoms with Gasteiger partial charge in [0.2, 0.25) is 0 Å². The Morgan fingerprint density at radius 2 is 1.66 bits per heavy atom. The molecule has 0 heterocycles. The number of aliphatic carboxylic acids is 1. The highest BCUT2D eigenvalue weighted by Crippen LogP contribution is 2.74. The third-order valence-corrected chi connectivity index (χ3v) is 12.3. The number of esters is 1. The molecule has 0 aliphatic heterocycles. The second kappa shape index (κ2) is 10.2. The molecule has 4 saturated carbocycles. The molecule has 0 radical (unpaired) electrons. The van der Waals surface area contributed by atoms with E-state index in [2.05, 4.69) is 27.7 Å². The molecule has 4 fully saturated rings. The number of allylic oxidation sites excluding steroid dienone is 2. The summed E-state index contributed by atoms with van der Waals surface area (Å²) in [5, 5.41) is 33.6. The van der Waals surface area contributed by atoms with Gasteiger partial charge in [-0.2, -0.15) is 0 Å². The maximum absolute atomic E-state index is 12.7. The fourth-order valence-electron chi connectivity index (χ4n) is 9.77. The zero-order valence-electron chi connectivity index (χ0n) is 24.1. The van der Waals surface area contributed by atoms with Crippen LogP contribution >= 0.6 is 11.6 Å². The smallest absolute Gasteiger partial charge is 0.331 e. The molecule has 4 aliphatic carbocycles. The van der Waals surface area contributed by atoms with Crippen molar-refractivity contribution in [3.8, 4) is 0 Å². The van der Waals surface area contributed by atoms with Gasteiger partial charge in [-0.1, -0.05) is 44.9 Å². The molecule has 6 nitrogen and oxygen atoms in total. The fraction of sp³-hybridized carbons (Fsp3) is 0.806. The fourth-order valence-corrected chi connectivity index (χ4v) is 9.86. The van der Waals surface area contributed by atoms with Crippen LogP contribution in [0.1, 0.15) is 99.8 Å². The van der Waals surface area contributed by atoms with Crippen molar-refractivity contribution >= 4 is 23.5 Å². The van der Waals surface area contributed by atoms with Crippen LogP contribution in [0.3, 0.4) is 0 Å². The van der Waals surface area contributed by atoms with Crippen molar-refractivity contribution in [2.75, 3.05) is 0 Å². The van der Waals surface area contributed by atoms with Crippen molar-refractivity contribution in [3.63, 3.8) is 0 Å². The van der Waals surface area contributed by atoms with Crippen LogP contribution in [-0.2, 0) is 14.3 Å². The van der Waals surface area contributed by atoms with Gasteiger partial charge in [0.25, 0.3) is 0 Å². The molecule has 3 N–H and O–H groups in total. The summed E-state index contributed by atoms with van der Waals surface area (Å²) >= 11 is 6.42. The first-order valence-corrected chi connectivity index (χ1v) is 14.8. The number of carbonyl (C=O) groups excluding carboxylic acids is 1. The van der Waals surface area contributed by atoms with Crippen molar-refractivity contribution in [2.24, 2.45) is 39.9 Å². The minimum Gasteiger partial charge on any atom is -0.478 e. The normalized spacial score (nSPS) is 45.4. The highest BCUT2D eigenvalue weighted by atomic mass is 35.5. The Hall–Kier alpha value is -1.37. The maximum atomic E-state index is 12.7. The SMILES string of the molecule is CC(=O)O[C@H]1C[C@@]2(C)[C@H](CC(O)C3[C@@]4(C)CC[C@@H](O)[C@@H](C)C4CC[C@@]32C)C1=C(CCC(Cl)=C(C)C)C(=O)O. The van der Waals surface area contributed by atoms with Gasteiger partial charge in [-0.05, 0) is 111 Å². The summed E-state index contributed by atoms with van der Waals surface area (Å²) in [4.78, 5) is 24.9. The lowest BCUT2D eigenvalue weighted by molar-refractivity contribution is -0.234. The first-order chi connectivity index (χ1) is 17.6. The number of halogens is 1. The second-order valence-electron chi connectivity index (χ2n) is 13.7. The number of fused-ring (bicyclic) bond motifs is 5. The number of hydrogen-bond acceptors (Lipinski definition) is 5. The molecular formula is C31H47ClO6. The molecule has 38 heavy (non-hydrogen) atoms. The van der Waals surface area contributed by atoms with E-state index in [1.165, 1.54) is 6.92 Å². The van der Waals surface area contributed by atoms with Crippen LogP contribution < -0.4 is 0 Å². The largest absolute Gasteiger partial charge is 0.478 e. The van der Waals surface area contributed by atoms with E-state index in [4.69, 9.17) is 16.3 Å². The van der Waals surface area contributed by atoms with E-state index < -0.39 is 24.1 Å². The standard InChI is InChI=1S/C31H47ClO6/c1-16(2)22(32)9-8-19(28(36)37)26-21-14-24(35)27-29(5)12-11-23(34)17(3)20(29)10-13-30(27,6)31(21,7)15-25(26)38-18(4)33/h17,20-21,23-25,27,34-35H,8-15H2,1-7H3,(H,36,37)/t17-,20?,21+,23+,24?,25-,27?,29-,30-,31-/m0/s1. The summed E-state index contributed by atoms with van der Waals surface area (Å²) in [5.74, 6) is -1.09. The van der Waals surface area contributed by atoms with E-state index >= 15 is 0 Å². The van der Waals surface area contributed by atoms with E-state index in [-0.39, 0.29) is 52.1 Å². The molecule has 10 atom stereocenters. The molecular weight excluding hydrogens is 504 g/mol. The van der Waals surface area contributed by atoms with E-state index in [0.717, 1.165) is 31.3 Å². The highest BCUT2D eigenvalue weighted by molar-refractivity contribution is 6.29. The number of carboxylic acid groups (broad SMARTS) is 1. The maximum Gasteiger partial charge on any atom is 0.331 e. The van der Waals surface area contributed by atoms with E-state index in [9.17, 15) is 24.9 Å². The summed E-state index contributed by atoms with van der Waals surface area (Å²) < 4.78 is 5.87. The van der Waals surface area contributed by atoms with Crippen LogP contribution in [0.25, 0.3) is 0 Å². The molecule has 4 aliphatic rings. The Labute approximate surface area is 232 Å². The topological polar surface area (TPSA) is 104 Å². The number of aliphatic hydroxyl groups excluding tert-OH is 2. The lowest BCUT2D eigenvalue weighted by Crippen LogP contribution is -2.65. The van der Waals surface area contributed by atoms with Crippen molar-refractivity contribution in [1.29, 1.82) is 0 Å². The molecule has 0 amide bonds. The molecule has 0 saturated heterocycles. The van der Waals surface area contributed by atoms with Gasteiger partial charge < -0.3 is 20.1 Å². The van der Waals surface area contributed by atoms with Crippen molar-refractivity contribution < 1.29 is 29.6 Å². The van der Waals surface area contributed by atoms with Gasteiger partial charge in [0.1, 0.15) is 6.10 Å².